The Morgan fingerprint density at radius 2 is 2.15 bits per heavy atom. The maximum atomic E-state index is 13.1. The first-order chi connectivity index (χ1) is 6.24. The molecular formula is C9H10Cl2FN. The van der Waals surface area contributed by atoms with Crippen LogP contribution in [0.1, 0.15) is 5.56 Å². The van der Waals surface area contributed by atoms with Gasteiger partial charge in [0.2, 0.25) is 0 Å². The molecule has 0 saturated carbocycles. The van der Waals surface area contributed by atoms with Gasteiger partial charge in [0.25, 0.3) is 0 Å². The Kier molecular flexibility index (Phi) is 4.50. The van der Waals surface area contributed by atoms with E-state index in [-0.39, 0.29) is 5.82 Å². The predicted octanol–water partition coefficient (Wildman–Crippen LogP) is 2.81. The second kappa shape index (κ2) is 5.43. The second-order valence-electron chi connectivity index (χ2n) is 2.62. The van der Waals surface area contributed by atoms with Crippen LogP contribution >= 0.6 is 23.2 Å². The van der Waals surface area contributed by atoms with Crippen molar-refractivity contribution in [2.45, 2.75) is 6.42 Å². The molecule has 0 fully saturated rings. The molecule has 0 unspecified atom stereocenters. The predicted molar refractivity (Wildman–Crippen MR) is 53.8 cm³/mol. The fraction of sp³-hybridized carbons (Fsp3) is 0.333. The van der Waals surface area contributed by atoms with Gasteiger partial charge in [-0.1, -0.05) is 11.6 Å². The third kappa shape index (κ3) is 3.51. The van der Waals surface area contributed by atoms with E-state index in [1.807, 2.05) is 0 Å². The van der Waals surface area contributed by atoms with E-state index in [0.717, 1.165) is 0 Å². The molecule has 0 radical (unpaired) electrons. The lowest BCUT2D eigenvalue weighted by atomic mass is 10.1. The molecule has 13 heavy (non-hydrogen) atoms. The molecule has 0 bridgehead atoms. The van der Waals surface area contributed by atoms with Gasteiger partial charge in [0, 0.05) is 11.6 Å². The zero-order chi connectivity index (χ0) is 9.68. The molecule has 0 aliphatic rings. The minimum Gasteiger partial charge on any atom is -0.304 e. The smallest absolute Gasteiger partial charge is 0.126 e. The van der Waals surface area contributed by atoms with Crippen LogP contribution in [0.2, 0.25) is 5.02 Å². The van der Waals surface area contributed by atoms with Crippen molar-refractivity contribution < 1.29 is 4.39 Å². The van der Waals surface area contributed by atoms with Crippen molar-refractivity contribution in [1.29, 1.82) is 0 Å². The number of benzene rings is 1. The van der Waals surface area contributed by atoms with E-state index in [1.165, 1.54) is 12.1 Å². The molecule has 1 aromatic rings. The SMILES string of the molecule is Fc1ccc(Cl)cc1CCNCCl. The Morgan fingerprint density at radius 3 is 2.85 bits per heavy atom. The molecule has 1 aromatic carbocycles. The molecule has 0 saturated heterocycles. The standard InChI is InChI=1S/C9H10Cl2FN/c10-6-13-4-3-7-5-8(11)1-2-9(7)12/h1-2,5,13H,3-4,6H2. The van der Waals surface area contributed by atoms with E-state index in [2.05, 4.69) is 5.32 Å². The maximum absolute atomic E-state index is 13.1. The number of hydrogen-bond donors (Lipinski definition) is 1. The third-order valence-electron chi connectivity index (χ3n) is 1.67. The lowest BCUT2D eigenvalue weighted by Crippen LogP contribution is -2.15. The molecule has 1 nitrogen and oxygen atoms in total. The molecule has 0 aliphatic heterocycles. The molecule has 1 N–H and O–H groups in total. The molecule has 1 rings (SSSR count). The van der Waals surface area contributed by atoms with Gasteiger partial charge in [0.1, 0.15) is 5.82 Å². The van der Waals surface area contributed by atoms with Gasteiger partial charge in [0.15, 0.2) is 0 Å². The molecule has 4 heteroatoms. The maximum Gasteiger partial charge on any atom is 0.126 e. The van der Waals surface area contributed by atoms with Gasteiger partial charge in [-0.3, -0.25) is 0 Å². The molecule has 0 amide bonds. The Hall–Kier alpha value is -0.310. The fourth-order valence-electron chi connectivity index (χ4n) is 1.02. The Morgan fingerprint density at radius 1 is 1.38 bits per heavy atom. The molecule has 72 valence electrons. The zero-order valence-electron chi connectivity index (χ0n) is 6.99. The van der Waals surface area contributed by atoms with Crippen LogP contribution in [-0.4, -0.2) is 12.5 Å². The van der Waals surface area contributed by atoms with Crippen LogP contribution in [-0.2, 0) is 6.42 Å². The summed E-state index contributed by atoms with van der Waals surface area (Å²) in [5.41, 5.74) is 0.616. The fourth-order valence-corrected chi connectivity index (χ4v) is 1.35. The largest absolute Gasteiger partial charge is 0.304 e. The van der Waals surface area contributed by atoms with E-state index in [4.69, 9.17) is 23.2 Å². The van der Waals surface area contributed by atoms with Gasteiger partial charge in [-0.15, -0.1) is 11.6 Å². The summed E-state index contributed by atoms with van der Waals surface area (Å²) in [7, 11) is 0. The van der Waals surface area contributed by atoms with Crippen LogP contribution in [0, 0.1) is 5.82 Å². The van der Waals surface area contributed by atoms with Crippen LogP contribution in [0.4, 0.5) is 4.39 Å². The summed E-state index contributed by atoms with van der Waals surface area (Å²) >= 11 is 11.1. The van der Waals surface area contributed by atoms with Crippen LogP contribution in [0.5, 0.6) is 0 Å². The van der Waals surface area contributed by atoms with Crippen molar-refractivity contribution in [3.8, 4) is 0 Å². The van der Waals surface area contributed by atoms with E-state index in [9.17, 15) is 4.39 Å². The number of halogens is 3. The normalized spacial score (nSPS) is 10.4. The number of nitrogens with one attached hydrogen (secondary N) is 1. The summed E-state index contributed by atoms with van der Waals surface area (Å²) in [4.78, 5) is 0. The van der Waals surface area contributed by atoms with Crippen LogP contribution in [0.25, 0.3) is 0 Å². The highest BCUT2D eigenvalue weighted by atomic mass is 35.5. The number of hydrogen-bond acceptors (Lipinski definition) is 1. The summed E-state index contributed by atoms with van der Waals surface area (Å²) in [6.45, 7) is 0.654. The summed E-state index contributed by atoms with van der Waals surface area (Å²) < 4.78 is 13.1. The van der Waals surface area contributed by atoms with Gasteiger partial charge in [-0.2, -0.15) is 0 Å². The summed E-state index contributed by atoms with van der Waals surface area (Å²) in [6.07, 6.45) is 0.596. The monoisotopic (exact) mass is 221 g/mol. The van der Waals surface area contributed by atoms with Crippen molar-refractivity contribution in [1.82, 2.24) is 5.32 Å². The van der Waals surface area contributed by atoms with Crippen LogP contribution in [0.15, 0.2) is 18.2 Å². The quantitative estimate of drug-likeness (QED) is 0.469. The van der Waals surface area contributed by atoms with Gasteiger partial charge in [-0.05, 0) is 30.2 Å². The van der Waals surface area contributed by atoms with Crippen LogP contribution in [0.3, 0.4) is 0 Å². The lowest BCUT2D eigenvalue weighted by molar-refractivity contribution is 0.604. The minimum atomic E-state index is -0.222. The molecular weight excluding hydrogens is 212 g/mol. The number of rotatable bonds is 4. The summed E-state index contributed by atoms with van der Waals surface area (Å²) in [5.74, 6) is -0.222. The van der Waals surface area contributed by atoms with E-state index >= 15 is 0 Å². The van der Waals surface area contributed by atoms with Gasteiger partial charge in [0.05, 0.1) is 6.00 Å². The van der Waals surface area contributed by atoms with Crippen molar-refractivity contribution in [2.24, 2.45) is 0 Å². The highest BCUT2D eigenvalue weighted by molar-refractivity contribution is 6.30. The second-order valence-corrected chi connectivity index (χ2v) is 3.32. The Balaban J connectivity index is 2.59. The van der Waals surface area contributed by atoms with E-state index in [0.29, 0.717) is 29.6 Å². The van der Waals surface area contributed by atoms with Crippen molar-refractivity contribution in [3.05, 3.63) is 34.6 Å². The lowest BCUT2D eigenvalue weighted by Gasteiger charge is -2.03. The van der Waals surface area contributed by atoms with Crippen molar-refractivity contribution in [2.75, 3.05) is 12.5 Å². The zero-order valence-corrected chi connectivity index (χ0v) is 8.50. The molecule has 0 spiro atoms. The van der Waals surface area contributed by atoms with E-state index in [1.54, 1.807) is 6.07 Å². The average Bonchev–Trinajstić information content (AvgIpc) is 2.11. The van der Waals surface area contributed by atoms with Gasteiger partial charge in [-0.25, -0.2) is 4.39 Å². The highest BCUT2D eigenvalue weighted by Gasteiger charge is 2.01. The summed E-state index contributed by atoms with van der Waals surface area (Å²) in [5, 5.41) is 3.46. The third-order valence-corrected chi connectivity index (χ3v) is 2.10. The molecule has 0 aromatic heterocycles. The Bertz CT molecular complexity index is 278. The average molecular weight is 222 g/mol. The van der Waals surface area contributed by atoms with Gasteiger partial charge < -0.3 is 5.32 Å². The molecule has 0 heterocycles. The molecule has 0 aliphatic carbocycles. The first-order valence-electron chi connectivity index (χ1n) is 3.94. The molecule has 0 atom stereocenters. The van der Waals surface area contributed by atoms with Gasteiger partial charge >= 0.3 is 0 Å². The first-order valence-corrected chi connectivity index (χ1v) is 4.86. The minimum absolute atomic E-state index is 0.222. The van der Waals surface area contributed by atoms with Crippen LogP contribution < -0.4 is 5.32 Å². The van der Waals surface area contributed by atoms with Crippen molar-refractivity contribution in [3.63, 3.8) is 0 Å². The first kappa shape index (κ1) is 10.8. The Labute approximate surface area is 86.8 Å². The van der Waals surface area contributed by atoms with Crippen molar-refractivity contribution >= 4 is 23.2 Å². The highest BCUT2D eigenvalue weighted by Crippen LogP contribution is 2.14. The van der Waals surface area contributed by atoms with E-state index < -0.39 is 0 Å². The number of alkyl halides is 1. The topological polar surface area (TPSA) is 12.0 Å². The summed E-state index contributed by atoms with van der Waals surface area (Å²) in [6, 6.07) is 4.92.